The van der Waals surface area contributed by atoms with Crippen molar-refractivity contribution in [1.82, 2.24) is 9.62 Å². The number of hydrogen-bond donors (Lipinski definition) is 2. The van der Waals surface area contributed by atoms with Crippen LogP contribution in [0.4, 0.5) is 5.69 Å². The third-order valence-corrected chi connectivity index (χ3v) is 8.89. The van der Waals surface area contributed by atoms with Crippen molar-refractivity contribution in [3.63, 3.8) is 0 Å². The van der Waals surface area contributed by atoms with Crippen LogP contribution in [0.25, 0.3) is 0 Å². The zero-order valence-electron chi connectivity index (χ0n) is 17.1. The van der Waals surface area contributed by atoms with Crippen molar-refractivity contribution >= 4 is 39.3 Å². The van der Waals surface area contributed by atoms with Crippen molar-refractivity contribution in [2.24, 2.45) is 5.92 Å². The molecule has 1 saturated carbocycles. The Bertz CT molecular complexity index is 907. The first-order chi connectivity index (χ1) is 14.4. The molecule has 2 fully saturated rings. The number of hydrogen-bond acceptors (Lipinski definition) is 5. The lowest BCUT2D eigenvalue weighted by molar-refractivity contribution is -0.133. The minimum Gasteiger partial charge on any atom is -0.343 e. The highest BCUT2D eigenvalue weighted by atomic mass is 32.2. The topological polar surface area (TPSA) is 95.6 Å². The number of fused-ring (bicyclic) bond motifs is 1. The summed E-state index contributed by atoms with van der Waals surface area (Å²) in [4.78, 5) is 28.0. The molecule has 0 radical (unpaired) electrons. The Labute approximate surface area is 182 Å². The van der Waals surface area contributed by atoms with E-state index in [9.17, 15) is 18.0 Å². The fraction of sp³-hybridized carbons (Fsp3) is 0.619. The third kappa shape index (κ3) is 5.00. The van der Waals surface area contributed by atoms with Crippen LogP contribution in [-0.2, 0) is 19.6 Å². The van der Waals surface area contributed by atoms with E-state index in [1.807, 2.05) is 4.90 Å². The summed E-state index contributed by atoms with van der Waals surface area (Å²) in [5.74, 6) is -0.108. The Balaban J connectivity index is 1.45. The van der Waals surface area contributed by atoms with E-state index < -0.39 is 15.9 Å². The van der Waals surface area contributed by atoms with Gasteiger partial charge in [-0.2, -0.15) is 0 Å². The largest absolute Gasteiger partial charge is 0.343 e. The molecule has 3 aliphatic rings. The van der Waals surface area contributed by atoms with Gasteiger partial charge >= 0.3 is 0 Å². The van der Waals surface area contributed by atoms with Gasteiger partial charge in [0.05, 0.1) is 16.5 Å². The maximum atomic E-state index is 12.8. The molecule has 30 heavy (non-hydrogen) atoms. The van der Waals surface area contributed by atoms with Crippen molar-refractivity contribution in [3.8, 4) is 0 Å². The second kappa shape index (κ2) is 9.28. The van der Waals surface area contributed by atoms with Crippen molar-refractivity contribution in [3.05, 3.63) is 18.2 Å². The second-order valence-corrected chi connectivity index (χ2v) is 11.2. The first-order valence-electron chi connectivity index (χ1n) is 10.8. The van der Waals surface area contributed by atoms with Crippen LogP contribution in [0, 0.1) is 5.92 Å². The van der Waals surface area contributed by atoms with E-state index in [2.05, 4.69) is 10.0 Å². The lowest BCUT2D eigenvalue weighted by Gasteiger charge is -2.22. The van der Waals surface area contributed by atoms with Gasteiger partial charge in [-0.3, -0.25) is 9.59 Å². The highest BCUT2D eigenvalue weighted by Crippen LogP contribution is 2.35. The van der Waals surface area contributed by atoms with Crippen LogP contribution in [0.1, 0.15) is 51.4 Å². The molecule has 1 atom stereocenters. The number of amides is 2. The molecule has 7 nitrogen and oxygen atoms in total. The van der Waals surface area contributed by atoms with E-state index in [-0.39, 0.29) is 29.2 Å². The number of carbonyl (C=O) groups excluding carboxylic acids is 2. The van der Waals surface area contributed by atoms with Crippen LogP contribution in [0.15, 0.2) is 28.0 Å². The molecular weight excluding hydrogens is 422 g/mol. The predicted octanol–water partition coefficient (Wildman–Crippen LogP) is 2.97. The SMILES string of the molecule is O=C1Nc2cc(S(=O)(=O)NC3CCCCC3)ccc2SCC1CC(=O)N1CCCC1. The summed E-state index contributed by atoms with van der Waals surface area (Å²) < 4.78 is 28.5. The standard InChI is InChI=1S/C21H29N3O4S2/c25-20(24-10-4-5-11-24)12-15-14-29-19-9-8-17(13-18(19)22-21(15)26)30(27,28)23-16-6-2-1-3-7-16/h8-9,13,15-16,23H,1-7,10-12,14H2,(H,22,26). The van der Waals surface area contributed by atoms with E-state index in [0.29, 0.717) is 11.4 Å². The van der Waals surface area contributed by atoms with Crippen LogP contribution < -0.4 is 10.0 Å². The summed E-state index contributed by atoms with van der Waals surface area (Å²) in [7, 11) is -3.64. The summed E-state index contributed by atoms with van der Waals surface area (Å²) in [6.07, 6.45) is 7.21. The molecule has 2 heterocycles. The molecule has 0 aromatic heterocycles. The molecule has 2 amide bonds. The van der Waals surface area contributed by atoms with Crippen molar-refractivity contribution < 1.29 is 18.0 Å². The van der Waals surface area contributed by atoms with E-state index in [1.165, 1.54) is 17.8 Å². The fourth-order valence-electron chi connectivity index (χ4n) is 4.37. The van der Waals surface area contributed by atoms with Gasteiger partial charge in [-0.15, -0.1) is 11.8 Å². The van der Waals surface area contributed by atoms with Crippen LogP contribution in [-0.4, -0.2) is 50.0 Å². The van der Waals surface area contributed by atoms with Gasteiger partial charge in [-0.1, -0.05) is 19.3 Å². The van der Waals surface area contributed by atoms with Crippen LogP contribution >= 0.6 is 11.8 Å². The molecule has 2 N–H and O–H groups in total. The number of carbonyl (C=O) groups is 2. The van der Waals surface area contributed by atoms with E-state index in [1.54, 1.807) is 12.1 Å². The molecule has 1 aromatic carbocycles. The average molecular weight is 452 g/mol. The van der Waals surface area contributed by atoms with Crippen LogP contribution in [0.5, 0.6) is 0 Å². The molecule has 4 rings (SSSR count). The highest BCUT2D eigenvalue weighted by molar-refractivity contribution is 7.99. The molecule has 1 aromatic rings. The third-order valence-electron chi connectivity index (χ3n) is 6.14. The Morgan fingerprint density at radius 2 is 1.87 bits per heavy atom. The molecular formula is C21H29N3O4S2. The summed E-state index contributed by atoms with van der Waals surface area (Å²) >= 11 is 1.49. The van der Waals surface area contributed by atoms with E-state index in [4.69, 9.17) is 0 Å². The Morgan fingerprint density at radius 1 is 1.13 bits per heavy atom. The summed E-state index contributed by atoms with van der Waals surface area (Å²) in [5, 5.41) is 2.86. The second-order valence-electron chi connectivity index (χ2n) is 8.40. The van der Waals surface area contributed by atoms with Gasteiger partial charge in [-0.05, 0) is 43.9 Å². The number of rotatable bonds is 5. The molecule has 2 aliphatic heterocycles. The molecule has 164 valence electrons. The lowest BCUT2D eigenvalue weighted by Crippen LogP contribution is -2.36. The van der Waals surface area contributed by atoms with Gasteiger partial charge in [0.1, 0.15) is 0 Å². The molecule has 1 saturated heterocycles. The lowest BCUT2D eigenvalue weighted by atomic mass is 9.96. The van der Waals surface area contributed by atoms with E-state index in [0.717, 1.165) is 62.9 Å². The minimum atomic E-state index is -3.64. The first-order valence-corrected chi connectivity index (χ1v) is 13.3. The summed E-state index contributed by atoms with van der Waals surface area (Å²) in [6.45, 7) is 1.55. The number of benzene rings is 1. The molecule has 0 spiro atoms. The smallest absolute Gasteiger partial charge is 0.240 e. The van der Waals surface area contributed by atoms with Gasteiger partial charge in [0.2, 0.25) is 21.8 Å². The normalized spacial score (nSPS) is 23.0. The maximum Gasteiger partial charge on any atom is 0.240 e. The predicted molar refractivity (Wildman–Crippen MR) is 117 cm³/mol. The van der Waals surface area contributed by atoms with Gasteiger partial charge < -0.3 is 10.2 Å². The number of nitrogens with zero attached hydrogens (tertiary/aromatic N) is 1. The quantitative estimate of drug-likeness (QED) is 0.718. The molecule has 1 unspecified atom stereocenters. The molecule has 1 aliphatic carbocycles. The monoisotopic (exact) mass is 451 g/mol. The number of anilines is 1. The van der Waals surface area contributed by atoms with Crippen LogP contribution in [0.3, 0.4) is 0 Å². The Kier molecular flexibility index (Phi) is 6.69. The Morgan fingerprint density at radius 3 is 2.60 bits per heavy atom. The zero-order chi connectivity index (χ0) is 21.1. The van der Waals surface area contributed by atoms with Gasteiger partial charge in [0, 0.05) is 36.2 Å². The maximum absolute atomic E-state index is 12.8. The molecule has 0 bridgehead atoms. The minimum absolute atomic E-state index is 0.0208. The summed E-state index contributed by atoms with van der Waals surface area (Å²) in [5.41, 5.74) is 0.507. The van der Waals surface area contributed by atoms with Gasteiger partial charge in [0.15, 0.2) is 0 Å². The number of thioether (sulfide) groups is 1. The van der Waals surface area contributed by atoms with Crippen molar-refractivity contribution in [1.29, 1.82) is 0 Å². The zero-order valence-corrected chi connectivity index (χ0v) is 18.7. The first kappa shape index (κ1) is 21.6. The number of sulfonamides is 1. The van der Waals surface area contributed by atoms with Gasteiger partial charge in [0.25, 0.3) is 0 Å². The highest BCUT2D eigenvalue weighted by Gasteiger charge is 2.30. The molecule has 9 heteroatoms. The van der Waals surface area contributed by atoms with Crippen molar-refractivity contribution in [2.75, 3.05) is 24.2 Å². The van der Waals surface area contributed by atoms with E-state index >= 15 is 0 Å². The number of likely N-dealkylation sites (tertiary alicyclic amines) is 1. The average Bonchev–Trinajstić information content (AvgIpc) is 3.22. The number of nitrogens with one attached hydrogen (secondary N) is 2. The van der Waals surface area contributed by atoms with Gasteiger partial charge in [-0.25, -0.2) is 13.1 Å². The van der Waals surface area contributed by atoms with Crippen molar-refractivity contribution in [2.45, 2.75) is 67.2 Å². The van der Waals surface area contributed by atoms with Crippen LogP contribution in [0.2, 0.25) is 0 Å². The fourth-order valence-corrected chi connectivity index (χ4v) is 6.78. The Hall–Kier alpha value is -1.58. The summed E-state index contributed by atoms with van der Waals surface area (Å²) in [6, 6.07) is 4.86.